The molecule has 1 aliphatic heterocycles. The molecule has 0 saturated carbocycles. The number of hydrogen-bond acceptors (Lipinski definition) is 4. The maximum atomic E-state index is 12.9. The molecule has 3 aromatic rings. The van der Waals surface area contributed by atoms with Crippen molar-refractivity contribution in [1.29, 1.82) is 0 Å². The van der Waals surface area contributed by atoms with E-state index in [-0.39, 0.29) is 17.3 Å². The summed E-state index contributed by atoms with van der Waals surface area (Å²) in [4.78, 5) is 14.2. The fourth-order valence-corrected chi connectivity index (χ4v) is 3.92. The highest BCUT2D eigenvalue weighted by molar-refractivity contribution is 6.14. The molecular formula is C24H25NO4. The summed E-state index contributed by atoms with van der Waals surface area (Å²) in [5.41, 5.74) is 1.79. The fourth-order valence-electron chi connectivity index (χ4n) is 3.92. The van der Waals surface area contributed by atoms with Crippen molar-refractivity contribution >= 4 is 22.8 Å². The highest BCUT2D eigenvalue weighted by Gasteiger charge is 2.31. The number of nitrogens with one attached hydrogen (secondary N) is 1. The minimum atomic E-state index is -0.214. The lowest BCUT2D eigenvalue weighted by Gasteiger charge is -2.23. The van der Waals surface area contributed by atoms with E-state index in [1.54, 1.807) is 12.1 Å². The smallest absolute Gasteiger partial charge is 0.232 e. The molecule has 5 nitrogen and oxygen atoms in total. The highest BCUT2D eigenvalue weighted by atomic mass is 16.5. The van der Waals surface area contributed by atoms with Crippen LogP contribution in [0.1, 0.15) is 48.4 Å². The molecule has 0 unspecified atom stereocenters. The first kappa shape index (κ1) is 19.3. The molecule has 1 N–H and O–H groups in total. The monoisotopic (exact) mass is 391 g/mol. The predicted molar refractivity (Wildman–Crippen MR) is 110 cm³/mol. The number of benzene rings is 2. The molecule has 2 heterocycles. The van der Waals surface area contributed by atoms with Gasteiger partial charge in [-0.25, -0.2) is 0 Å². The molecule has 0 aliphatic carbocycles. The van der Waals surface area contributed by atoms with Gasteiger partial charge in [-0.1, -0.05) is 43.9 Å². The van der Waals surface area contributed by atoms with Crippen molar-refractivity contribution in [3.05, 3.63) is 65.1 Å². The van der Waals surface area contributed by atoms with Crippen LogP contribution in [-0.4, -0.2) is 18.9 Å². The zero-order valence-corrected chi connectivity index (χ0v) is 16.8. The van der Waals surface area contributed by atoms with Crippen LogP contribution in [0.3, 0.4) is 0 Å². The molecular weight excluding hydrogens is 366 g/mol. The highest BCUT2D eigenvalue weighted by Crippen LogP contribution is 2.38. The van der Waals surface area contributed by atoms with Gasteiger partial charge in [-0.15, -0.1) is 0 Å². The second kappa shape index (κ2) is 8.13. The zero-order valence-electron chi connectivity index (χ0n) is 16.8. The number of quaternary nitrogens is 1. The summed E-state index contributed by atoms with van der Waals surface area (Å²) in [6.45, 7) is 6.79. The van der Waals surface area contributed by atoms with Crippen LogP contribution in [0.4, 0.5) is 0 Å². The Labute approximate surface area is 170 Å². The van der Waals surface area contributed by atoms with Crippen LogP contribution in [0, 0.1) is 0 Å². The van der Waals surface area contributed by atoms with E-state index in [0.717, 1.165) is 36.9 Å². The largest absolute Gasteiger partial charge is 0.872 e. The summed E-state index contributed by atoms with van der Waals surface area (Å²) < 4.78 is 11.7. The summed E-state index contributed by atoms with van der Waals surface area (Å²) in [6.07, 6.45) is 3.68. The van der Waals surface area contributed by atoms with Gasteiger partial charge in [0.2, 0.25) is 5.78 Å². The van der Waals surface area contributed by atoms with Crippen molar-refractivity contribution in [1.82, 2.24) is 0 Å². The maximum Gasteiger partial charge on any atom is 0.232 e. The molecule has 0 atom stereocenters. The topological polar surface area (TPSA) is 66.9 Å². The summed E-state index contributed by atoms with van der Waals surface area (Å²) in [7, 11) is 0. The number of rotatable bonds is 7. The Hall–Kier alpha value is -3.05. The number of furan rings is 1. The van der Waals surface area contributed by atoms with Gasteiger partial charge in [0.25, 0.3) is 0 Å². The van der Waals surface area contributed by atoms with Crippen LogP contribution in [0.25, 0.3) is 17.0 Å². The first-order valence-corrected chi connectivity index (χ1v) is 10.2. The fraction of sp³-hybridized carbons (Fsp3) is 0.292. The molecule has 2 aromatic carbocycles. The third-order valence-electron chi connectivity index (χ3n) is 5.25. The molecule has 0 saturated heterocycles. The molecule has 150 valence electrons. The van der Waals surface area contributed by atoms with Gasteiger partial charge in [0.1, 0.15) is 23.6 Å². The minimum absolute atomic E-state index is 0.0776. The second-order valence-electron chi connectivity index (χ2n) is 7.47. The van der Waals surface area contributed by atoms with Gasteiger partial charge in [-0.3, -0.25) is 4.79 Å². The van der Waals surface area contributed by atoms with Gasteiger partial charge in [-0.05, 0) is 31.0 Å². The maximum absolute atomic E-state index is 12.9. The number of carbonyl (C=O) groups is 1. The number of carbonyl (C=O) groups excluding carboxylic acids is 1. The Kier molecular flexibility index (Phi) is 5.41. The van der Waals surface area contributed by atoms with E-state index in [9.17, 15) is 9.90 Å². The lowest BCUT2D eigenvalue weighted by molar-refractivity contribution is -0.914. The quantitative estimate of drug-likeness (QED) is 0.628. The molecule has 0 spiro atoms. The third kappa shape index (κ3) is 3.78. The minimum Gasteiger partial charge on any atom is -0.872 e. The van der Waals surface area contributed by atoms with E-state index in [0.29, 0.717) is 29.2 Å². The van der Waals surface area contributed by atoms with Crippen molar-refractivity contribution in [2.75, 3.05) is 13.1 Å². The molecule has 4 rings (SSSR count). The molecule has 0 radical (unpaired) electrons. The van der Waals surface area contributed by atoms with E-state index in [1.165, 1.54) is 11.0 Å². The molecule has 0 fully saturated rings. The van der Waals surface area contributed by atoms with Crippen molar-refractivity contribution < 1.29 is 24.0 Å². The molecule has 0 bridgehead atoms. The normalized spacial score (nSPS) is 14.7. The number of para-hydroxylation sites is 1. The molecule has 1 aromatic heterocycles. The summed E-state index contributed by atoms with van der Waals surface area (Å²) in [6, 6.07) is 12.6. The van der Waals surface area contributed by atoms with Gasteiger partial charge >= 0.3 is 0 Å². The molecule has 1 aliphatic rings. The number of fused-ring (bicyclic) bond motifs is 2. The van der Waals surface area contributed by atoms with Crippen LogP contribution in [0.5, 0.6) is 11.5 Å². The number of hydrogen-bond donors (Lipinski definition) is 1. The lowest BCUT2D eigenvalue weighted by Crippen LogP contribution is -3.10. The Bertz CT molecular complexity index is 1040. The van der Waals surface area contributed by atoms with Crippen LogP contribution in [0.15, 0.2) is 52.6 Å². The SMILES string of the molecule is CCC[NH+](CCC)Cc1c([O-])ccc2c1O/C(=C\c1cc3ccccc3o1)C2=O. The van der Waals surface area contributed by atoms with Crippen LogP contribution < -0.4 is 14.7 Å². The molecule has 0 amide bonds. The Morgan fingerprint density at radius 2 is 1.83 bits per heavy atom. The first-order chi connectivity index (χ1) is 14.1. The van der Waals surface area contributed by atoms with E-state index >= 15 is 0 Å². The van der Waals surface area contributed by atoms with E-state index in [2.05, 4.69) is 13.8 Å². The number of ether oxygens (including phenoxy) is 1. The second-order valence-corrected chi connectivity index (χ2v) is 7.47. The predicted octanol–water partition coefficient (Wildman–Crippen LogP) is 3.33. The standard InChI is InChI=1S/C24H25NO4/c1-3-11-25(12-4-2)15-19-20(26)10-9-18-23(27)22(29-24(18)19)14-17-13-16-7-5-6-8-21(16)28-17/h5-10,13-14,26H,3-4,11-12,15H2,1-2H3/b22-14-. The van der Waals surface area contributed by atoms with Crippen molar-refractivity contribution in [3.63, 3.8) is 0 Å². The summed E-state index contributed by atoms with van der Waals surface area (Å²) in [5, 5.41) is 13.5. The summed E-state index contributed by atoms with van der Waals surface area (Å²) >= 11 is 0. The number of allylic oxidation sites excluding steroid dienone is 1. The van der Waals surface area contributed by atoms with E-state index in [4.69, 9.17) is 9.15 Å². The van der Waals surface area contributed by atoms with Crippen molar-refractivity contribution in [2.45, 2.75) is 33.2 Å². The van der Waals surface area contributed by atoms with Gasteiger partial charge in [0.15, 0.2) is 5.76 Å². The van der Waals surface area contributed by atoms with Crippen LogP contribution in [0.2, 0.25) is 0 Å². The zero-order chi connectivity index (χ0) is 20.4. The van der Waals surface area contributed by atoms with Gasteiger partial charge in [0, 0.05) is 17.0 Å². The van der Waals surface area contributed by atoms with E-state index in [1.807, 2.05) is 30.3 Å². The van der Waals surface area contributed by atoms with Gasteiger partial charge < -0.3 is 19.2 Å². The average Bonchev–Trinajstić information content (AvgIpc) is 3.25. The Morgan fingerprint density at radius 1 is 1.07 bits per heavy atom. The lowest BCUT2D eigenvalue weighted by atomic mass is 10.0. The van der Waals surface area contributed by atoms with Crippen molar-refractivity contribution in [3.8, 4) is 11.5 Å². The average molecular weight is 391 g/mol. The summed E-state index contributed by atoms with van der Waals surface area (Å²) in [5.74, 6) is 0.865. The van der Waals surface area contributed by atoms with Crippen LogP contribution >= 0.6 is 0 Å². The third-order valence-corrected chi connectivity index (χ3v) is 5.25. The van der Waals surface area contributed by atoms with Crippen LogP contribution in [-0.2, 0) is 6.54 Å². The first-order valence-electron chi connectivity index (χ1n) is 10.2. The van der Waals surface area contributed by atoms with Crippen molar-refractivity contribution in [2.24, 2.45) is 0 Å². The number of Topliss-reactive ketones (excluding diaryl/α,β-unsaturated/α-hetero) is 1. The van der Waals surface area contributed by atoms with Gasteiger partial charge in [0.05, 0.1) is 18.7 Å². The molecule has 29 heavy (non-hydrogen) atoms. The molecule has 5 heteroatoms. The van der Waals surface area contributed by atoms with E-state index < -0.39 is 0 Å². The Balaban J connectivity index is 1.66. The number of ketones is 1. The van der Waals surface area contributed by atoms with Gasteiger partial charge in [-0.2, -0.15) is 0 Å². The Morgan fingerprint density at radius 3 is 2.55 bits per heavy atom.